The number of rotatable bonds is 6. The molecule has 1 saturated heterocycles. The van der Waals surface area contributed by atoms with Crippen molar-refractivity contribution in [2.45, 2.75) is 25.3 Å². The first kappa shape index (κ1) is 17.0. The van der Waals surface area contributed by atoms with Gasteiger partial charge in [-0.15, -0.1) is 0 Å². The van der Waals surface area contributed by atoms with E-state index in [0.717, 1.165) is 25.5 Å². The standard InChI is InChI=1S/C14H19NO5S2/c1-20-14(17)10-22(18,19)8-5-13(16)15-6-2-3-12(15)11-4-7-21-9-11/h4,7,9,12H,2-3,5-6,8,10H2,1H3/t12-/m1/s1. The molecule has 0 saturated carbocycles. The summed E-state index contributed by atoms with van der Waals surface area (Å²) in [6.07, 6.45) is 1.72. The molecular formula is C14H19NO5S2. The van der Waals surface area contributed by atoms with Crippen LogP contribution in [0, 0.1) is 0 Å². The predicted octanol–water partition coefficient (Wildman–Crippen LogP) is 1.39. The molecule has 0 N–H and O–H groups in total. The molecule has 1 atom stereocenters. The molecule has 1 aliphatic heterocycles. The van der Waals surface area contributed by atoms with E-state index < -0.39 is 21.6 Å². The SMILES string of the molecule is COC(=O)CS(=O)(=O)CCC(=O)N1CCC[C@@H]1c1ccsc1. The molecule has 1 fully saturated rings. The molecule has 0 spiro atoms. The Kier molecular flexibility index (Phi) is 5.57. The minimum atomic E-state index is -3.61. The van der Waals surface area contributed by atoms with E-state index in [1.54, 1.807) is 16.2 Å². The number of sulfone groups is 1. The van der Waals surface area contributed by atoms with Crippen LogP contribution in [0.1, 0.15) is 30.9 Å². The zero-order chi connectivity index (χ0) is 16.2. The van der Waals surface area contributed by atoms with Gasteiger partial charge >= 0.3 is 5.97 Å². The van der Waals surface area contributed by atoms with Gasteiger partial charge in [-0.2, -0.15) is 11.3 Å². The van der Waals surface area contributed by atoms with Crippen LogP contribution in [0.15, 0.2) is 16.8 Å². The second-order valence-electron chi connectivity index (χ2n) is 5.22. The number of carbonyl (C=O) groups excluding carboxylic acids is 2. The Balaban J connectivity index is 1.93. The summed E-state index contributed by atoms with van der Waals surface area (Å²) in [5, 5.41) is 3.99. The molecule has 122 valence electrons. The monoisotopic (exact) mass is 345 g/mol. The van der Waals surface area contributed by atoms with E-state index in [9.17, 15) is 18.0 Å². The van der Waals surface area contributed by atoms with Crippen molar-refractivity contribution in [2.24, 2.45) is 0 Å². The number of ether oxygens (including phenoxy) is 1. The van der Waals surface area contributed by atoms with Gasteiger partial charge in [0.15, 0.2) is 9.84 Å². The molecular weight excluding hydrogens is 326 g/mol. The normalized spacial score (nSPS) is 18.4. The Labute approximate surface area is 134 Å². The van der Waals surface area contributed by atoms with Gasteiger partial charge in [0.05, 0.1) is 18.9 Å². The molecule has 2 heterocycles. The molecule has 6 nitrogen and oxygen atoms in total. The van der Waals surface area contributed by atoms with Gasteiger partial charge in [-0.1, -0.05) is 0 Å². The van der Waals surface area contributed by atoms with Gasteiger partial charge in [0.1, 0.15) is 5.75 Å². The van der Waals surface area contributed by atoms with Crippen LogP contribution in [0.5, 0.6) is 0 Å². The third-order valence-electron chi connectivity index (χ3n) is 3.69. The van der Waals surface area contributed by atoms with E-state index in [4.69, 9.17) is 0 Å². The van der Waals surface area contributed by atoms with E-state index in [1.165, 1.54) is 0 Å². The average Bonchev–Trinajstić information content (AvgIpc) is 3.14. The van der Waals surface area contributed by atoms with Gasteiger partial charge in [0, 0.05) is 13.0 Å². The van der Waals surface area contributed by atoms with E-state index >= 15 is 0 Å². The molecule has 0 unspecified atom stereocenters. The van der Waals surface area contributed by atoms with Gasteiger partial charge in [-0.25, -0.2) is 8.42 Å². The summed E-state index contributed by atoms with van der Waals surface area (Å²) in [6, 6.07) is 2.04. The number of hydrogen-bond donors (Lipinski definition) is 0. The largest absolute Gasteiger partial charge is 0.468 e. The lowest BCUT2D eigenvalue weighted by Crippen LogP contribution is -2.32. The lowest BCUT2D eigenvalue weighted by molar-refractivity contribution is -0.137. The van der Waals surface area contributed by atoms with Crippen LogP contribution in [-0.2, 0) is 24.2 Å². The third-order valence-corrected chi connectivity index (χ3v) is 5.90. The van der Waals surface area contributed by atoms with Gasteiger partial charge in [-0.05, 0) is 35.2 Å². The summed E-state index contributed by atoms with van der Waals surface area (Å²) in [7, 11) is -2.47. The maximum absolute atomic E-state index is 12.3. The second kappa shape index (κ2) is 7.23. The Hall–Kier alpha value is -1.41. The maximum atomic E-state index is 12.3. The molecule has 1 aromatic heterocycles. The highest BCUT2D eigenvalue weighted by molar-refractivity contribution is 7.92. The lowest BCUT2D eigenvalue weighted by atomic mass is 10.1. The first-order valence-electron chi connectivity index (χ1n) is 7.02. The summed E-state index contributed by atoms with van der Waals surface area (Å²) in [4.78, 5) is 25.1. The minimum Gasteiger partial charge on any atom is -0.468 e. The average molecular weight is 345 g/mol. The van der Waals surface area contributed by atoms with E-state index in [1.807, 2.05) is 16.8 Å². The summed E-state index contributed by atoms with van der Waals surface area (Å²) >= 11 is 1.58. The van der Waals surface area contributed by atoms with Gasteiger partial charge in [0.2, 0.25) is 5.91 Å². The van der Waals surface area contributed by atoms with Crippen molar-refractivity contribution in [1.82, 2.24) is 4.90 Å². The van der Waals surface area contributed by atoms with Gasteiger partial charge < -0.3 is 9.64 Å². The molecule has 1 aliphatic rings. The Bertz CT molecular complexity index is 624. The molecule has 1 amide bonds. The third kappa shape index (κ3) is 4.30. The number of likely N-dealkylation sites (tertiary alicyclic amines) is 1. The van der Waals surface area contributed by atoms with Crippen molar-refractivity contribution in [3.05, 3.63) is 22.4 Å². The van der Waals surface area contributed by atoms with Crippen LogP contribution in [0.25, 0.3) is 0 Å². The van der Waals surface area contributed by atoms with Gasteiger partial charge in [0.25, 0.3) is 0 Å². The zero-order valence-corrected chi connectivity index (χ0v) is 14.0. The van der Waals surface area contributed by atoms with Crippen molar-refractivity contribution in [1.29, 1.82) is 0 Å². The summed E-state index contributed by atoms with van der Waals surface area (Å²) in [5.74, 6) is -1.98. The number of hydrogen-bond acceptors (Lipinski definition) is 6. The first-order chi connectivity index (χ1) is 10.4. The quantitative estimate of drug-likeness (QED) is 0.728. The highest BCUT2D eigenvalue weighted by Crippen LogP contribution is 2.33. The fourth-order valence-corrected chi connectivity index (χ4v) is 4.39. The van der Waals surface area contributed by atoms with Gasteiger partial charge in [-0.3, -0.25) is 9.59 Å². The van der Waals surface area contributed by atoms with E-state index in [0.29, 0.717) is 6.54 Å². The van der Waals surface area contributed by atoms with Crippen molar-refractivity contribution in [2.75, 3.05) is 25.2 Å². The number of thiophene rings is 1. The van der Waals surface area contributed by atoms with Crippen LogP contribution in [0.2, 0.25) is 0 Å². The van der Waals surface area contributed by atoms with E-state index in [-0.39, 0.29) is 24.1 Å². The number of esters is 1. The van der Waals surface area contributed by atoms with Crippen LogP contribution in [0.3, 0.4) is 0 Å². The van der Waals surface area contributed by atoms with Crippen LogP contribution < -0.4 is 0 Å². The minimum absolute atomic E-state index is 0.0436. The van der Waals surface area contributed by atoms with Crippen molar-refractivity contribution in [3.63, 3.8) is 0 Å². The molecule has 0 aromatic carbocycles. The molecule has 2 rings (SSSR count). The Morgan fingerprint density at radius 1 is 1.45 bits per heavy atom. The fraction of sp³-hybridized carbons (Fsp3) is 0.571. The summed E-state index contributed by atoms with van der Waals surface area (Å²) in [5.41, 5.74) is 1.10. The molecule has 0 bridgehead atoms. The number of nitrogens with zero attached hydrogens (tertiary/aromatic N) is 1. The molecule has 1 aromatic rings. The molecule has 22 heavy (non-hydrogen) atoms. The zero-order valence-electron chi connectivity index (χ0n) is 12.4. The fourth-order valence-electron chi connectivity index (χ4n) is 2.57. The number of carbonyl (C=O) groups is 2. The molecule has 0 aliphatic carbocycles. The van der Waals surface area contributed by atoms with Crippen molar-refractivity contribution < 1.29 is 22.7 Å². The number of methoxy groups -OCH3 is 1. The highest BCUT2D eigenvalue weighted by atomic mass is 32.2. The maximum Gasteiger partial charge on any atom is 0.320 e. The van der Waals surface area contributed by atoms with Crippen molar-refractivity contribution >= 4 is 33.1 Å². The van der Waals surface area contributed by atoms with E-state index in [2.05, 4.69) is 4.74 Å². The Morgan fingerprint density at radius 3 is 2.86 bits per heavy atom. The van der Waals surface area contributed by atoms with Crippen LogP contribution >= 0.6 is 11.3 Å². The van der Waals surface area contributed by atoms with Crippen LogP contribution in [0.4, 0.5) is 0 Å². The smallest absolute Gasteiger partial charge is 0.320 e. The molecule has 0 radical (unpaired) electrons. The summed E-state index contributed by atoms with van der Waals surface area (Å²) < 4.78 is 27.9. The lowest BCUT2D eigenvalue weighted by Gasteiger charge is -2.24. The van der Waals surface area contributed by atoms with Crippen molar-refractivity contribution in [3.8, 4) is 0 Å². The second-order valence-corrected chi connectivity index (χ2v) is 8.18. The summed E-state index contributed by atoms with van der Waals surface area (Å²) in [6.45, 7) is 0.649. The topological polar surface area (TPSA) is 80.8 Å². The number of amides is 1. The predicted molar refractivity (Wildman–Crippen MR) is 83.3 cm³/mol. The Morgan fingerprint density at radius 2 is 2.23 bits per heavy atom. The highest BCUT2D eigenvalue weighted by Gasteiger charge is 2.30. The van der Waals surface area contributed by atoms with Crippen LogP contribution in [-0.4, -0.2) is 50.4 Å². The first-order valence-corrected chi connectivity index (χ1v) is 9.78. The molecule has 8 heteroatoms.